The molecule has 2 N–H and O–H groups in total. The first-order valence-electron chi connectivity index (χ1n) is 3.86. The van der Waals surface area contributed by atoms with Gasteiger partial charge in [0.05, 0.1) is 18.2 Å². The van der Waals surface area contributed by atoms with Gasteiger partial charge in [-0.2, -0.15) is 0 Å². The molecule has 3 atom stereocenters. The van der Waals surface area contributed by atoms with E-state index >= 15 is 0 Å². The summed E-state index contributed by atoms with van der Waals surface area (Å²) in [6.07, 6.45) is -0.104. The third kappa shape index (κ3) is 0.862. The van der Waals surface area contributed by atoms with Crippen molar-refractivity contribution < 1.29 is 15.0 Å². The first-order chi connectivity index (χ1) is 5.20. The lowest BCUT2D eigenvalue weighted by Gasteiger charge is -2.50. The molecule has 62 valence electrons. The summed E-state index contributed by atoms with van der Waals surface area (Å²) >= 11 is 0. The summed E-state index contributed by atoms with van der Waals surface area (Å²) in [4.78, 5) is 12.6. The van der Waals surface area contributed by atoms with Crippen LogP contribution in [0.2, 0.25) is 0 Å². The van der Waals surface area contributed by atoms with Gasteiger partial charge in [0.25, 0.3) is 0 Å². The Bertz CT molecular complexity index is 194. The summed E-state index contributed by atoms with van der Waals surface area (Å²) in [5.74, 6) is 0.0607. The Balaban J connectivity index is 2.11. The third-order valence-corrected chi connectivity index (χ3v) is 2.51. The minimum Gasteiger partial charge on any atom is -0.391 e. The number of hydrogen-bond donors (Lipinski definition) is 2. The van der Waals surface area contributed by atoms with Crippen molar-refractivity contribution in [3.8, 4) is 0 Å². The molecule has 0 spiro atoms. The number of piperidine rings is 1. The zero-order valence-electron chi connectivity index (χ0n) is 6.10. The molecule has 2 aliphatic heterocycles. The van der Waals surface area contributed by atoms with Crippen molar-refractivity contribution in [2.75, 3.05) is 6.54 Å². The van der Waals surface area contributed by atoms with E-state index in [1.54, 1.807) is 4.90 Å². The molecule has 4 heteroatoms. The van der Waals surface area contributed by atoms with Crippen molar-refractivity contribution in [3.63, 3.8) is 0 Å². The number of hydrogen-bond acceptors (Lipinski definition) is 3. The molecule has 0 aliphatic carbocycles. The van der Waals surface area contributed by atoms with Crippen molar-refractivity contribution >= 4 is 5.91 Å². The molecule has 0 aromatic heterocycles. The number of aliphatic hydroxyl groups excluding tert-OH is 2. The van der Waals surface area contributed by atoms with E-state index in [-0.39, 0.29) is 11.9 Å². The molecule has 0 radical (unpaired) electrons. The second kappa shape index (κ2) is 2.19. The Morgan fingerprint density at radius 3 is 2.64 bits per heavy atom. The Hall–Kier alpha value is -0.610. The molecule has 0 aromatic rings. The molecular formula is C7H11NO3. The van der Waals surface area contributed by atoms with E-state index in [1.165, 1.54) is 0 Å². The highest BCUT2D eigenvalue weighted by Crippen LogP contribution is 2.29. The van der Waals surface area contributed by atoms with E-state index in [1.807, 2.05) is 0 Å². The van der Waals surface area contributed by atoms with E-state index in [0.717, 1.165) is 0 Å². The number of aliphatic hydroxyl groups is 2. The second-order valence-electron chi connectivity index (χ2n) is 3.21. The number of carbonyl (C=O) groups excluding carboxylic acids is 1. The lowest BCUT2D eigenvalue weighted by molar-refractivity contribution is -0.172. The monoisotopic (exact) mass is 157 g/mol. The van der Waals surface area contributed by atoms with Crippen LogP contribution in [0.3, 0.4) is 0 Å². The Morgan fingerprint density at radius 1 is 1.36 bits per heavy atom. The van der Waals surface area contributed by atoms with Crippen LogP contribution in [0.25, 0.3) is 0 Å². The Labute approximate surface area is 64.4 Å². The van der Waals surface area contributed by atoms with E-state index in [2.05, 4.69) is 0 Å². The van der Waals surface area contributed by atoms with Crippen molar-refractivity contribution in [1.29, 1.82) is 0 Å². The van der Waals surface area contributed by atoms with E-state index < -0.39 is 12.2 Å². The van der Waals surface area contributed by atoms with Gasteiger partial charge in [0.2, 0.25) is 5.91 Å². The van der Waals surface area contributed by atoms with Crippen LogP contribution in [-0.4, -0.2) is 45.8 Å². The highest BCUT2D eigenvalue weighted by molar-refractivity contribution is 5.78. The SMILES string of the molecule is O=C1CC[C@H](O)[C@H]2[C@@H](O)CN12. The quantitative estimate of drug-likeness (QED) is 0.460. The van der Waals surface area contributed by atoms with Gasteiger partial charge in [-0.3, -0.25) is 4.79 Å². The van der Waals surface area contributed by atoms with Crippen LogP contribution in [0.5, 0.6) is 0 Å². The van der Waals surface area contributed by atoms with Gasteiger partial charge in [-0.05, 0) is 6.42 Å². The first-order valence-corrected chi connectivity index (χ1v) is 3.86. The van der Waals surface area contributed by atoms with Gasteiger partial charge in [0.15, 0.2) is 0 Å². The maximum atomic E-state index is 11.1. The zero-order valence-corrected chi connectivity index (χ0v) is 6.10. The molecule has 0 aromatic carbocycles. The fourth-order valence-corrected chi connectivity index (χ4v) is 1.82. The third-order valence-electron chi connectivity index (χ3n) is 2.51. The van der Waals surface area contributed by atoms with Crippen molar-refractivity contribution in [3.05, 3.63) is 0 Å². The van der Waals surface area contributed by atoms with Crippen molar-refractivity contribution in [1.82, 2.24) is 4.90 Å². The van der Waals surface area contributed by atoms with Gasteiger partial charge in [0, 0.05) is 13.0 Å². The lowest BCUT2D eigenvalue weighted by Crippen LogP contribution is -2.68. The number of nitrogens with zero attached hydrogens (tertiary/aromatic N) is 1. The molecule has 11 heavy (non-hydrogen) atoms. The minimum absolute atomic E-state index is 0.0607. The van der Waals surface area contributed by atoms with Crippen LogP contribution in [0.15, 0.2) is 0 Å². The number of amides is 1. The van der Waals surface area contributed by atoms with Gasteiger partial charge in [-0.25, -0.2) is 0 Å². The topological polar surface area (TPSA) is 60.8 Å². The molecule has 2 saturated heterocycles. The van der Waals surface area contributed by atoms with Crippen molar-refractivity contribution in [2.45, 2.75) is 31.1 Å². The number of fused-ring (bicyclic) bond motifs is 1. The minimum atomic E-state index is -0.517. The van der Waals surface area contributed by atoms with Crippen LogP contribution in [0.1, 0.15) is 12.8 Å². The molecule has 0 bridgehead atoms. The Kier molecular flexibility index (Phi) is 1.40. The Morgan fingerprint density at radius 2 is 2.09 bits per heavy atom. The normalized spacial score (nSPS) is 43.3. The molecule has 2 fully saturated rings. The number of rotatable bonds is 0. The predicted molar refractivity (Wildman–Crippen MR) is 36.7 cm³/mol. The maximum absolute atomic E-state index is 11.1. The fourth-order valence-electron chi connectivity index (χ4n) is 1.82. The summed E-state index contributed by atoms with van der Waals surface area (Å²) in [5, 5.41) is 18.5. The highest BCUT2D eigenvalue weighted by atomic mass is 16.3. The van der Waals surface area contributed by atoms with Gasteiger partial charge >= 0.3 is 0 Å². The van der Waals surface area contributed by atoms with Crippen LogP contribution in [-0.2, 0) is 4.79 Å². The van der Waals surface area contributed by atoms with E-state index in [0.29, 0.717) is 19.4 Å². The zero-order chi connectivity index (χ0) is 8.01. The summed E-state index contributed by atoms with van der Waals surface area (Å²) < 4.78 is 0. The molecule has 1 amide bonds. The standard InChI is InChI=1S/C7H11NO3/c9-4-1-2-6(11)8-3-5(10)7(4)8/h4-5,7,9-10H,1-3H2/t4-,5-,7-/m0/s1. The highest BCUT2D eigenvalue weighted by Gasteiger charge is 2.47. The molecule has 4 nitrogen and oxygen atoms in total. The van der Waals surface area contributed by atoms with Crippen molar-refractivity contribution in [2.24, 2.45) is 0 Å². The van der Waals surface area contributed by atoms with Gasteiger partial charge in [0.1, 0.15) is 0 Å². The van der Waals surface area contributed by atoms with Crippen LogP contribution < -0.4 is 0 Å². The molecular weight excluding hydrogens is 146 g/mol. The smallest absolute Gasteiger partial charge is 0.223 e. The van der Waals surface area contributed by atoms with Gasteiger partial charge < -0.3 is 15.1 Å². The van der Waals surface area contributed by atoms with E-state index in [9.17, 15) is 15.0 Å². The number of carbonyl (C=O) groups is 1. The largest absolute Gasteiger partial charge is 0.391 e. The van der Waals surface area contributed by atoms with Crippen LogP contribution >= 0.6 is 0 Å². The summed E-state index contributed by atoms with van der Waals surface area (Å²) in [7, 11) is 0. The predicted octanol–water partition coefficient (Wildman–Crippen LogP) is -1.29. The average molecular weight is 157 g/mol. The summed E-state index contributed by atoms with van der Waals surface area (Å²) in [6, 6.07) is -0.309. The maximum Gasteiger partial charge on any atom is 0.223 e. The van der Waals surface area contributed by atoms with Gasteiger partial charge in [-0.15, -0.1) is 0 Å². The molecule has 0 saturated carbocycles. The molecule has 2 aliphatic rings. The summed E-state index contributed by atoms with van der Waals surface area (Å²) in [5.41, 5.74) is 0. The van der Waals surface area contributed by atoms with E-state index in [4.69, 9.17) is 0 Å². The summed E-state index contributed by atoms with van der Waals surface area (Å²) in [6.45, 7) is 0.403. The fraction of sp³-hybridized carbons (Fsp3) is 0.857. The lowest BCUT2D eigenvalue weighted by atomic mass is 9.87. The molecule has 2 rings (SSSR count). The average Bonchev–Trinajstić information content (AvgIpc) is 1.93. The molecule has 2 heterocycles. The van der Waals surface area contributed by atoms with Crippen LogP contribution in [0.4, 0.5) is 0 Å². The van der Waals surface area contributed by atoms with Crippen LogP contribution in [0, 0.1) is 0 Å². The second-order valence-corrected chi connectivity index (χ2v) is 3.21. The molecule has 0 unspecified atom stereocenters. The van der Waals surface area contributed by atoms with Gasteiger partial charge in [-0.1, -0.05) is 0 Å². The first kappa shape index (κ1) is 7.06.